The molecule has 0 aliphatic heterocycles. The summed E-state index contributed by atoms with van der Waals surface area (Å²) in [7, 11) is 1.33. The van der Waals surface area contributed by atoms with Gasteiger partial charge in [-0.05, 0) is 11.4 Å². The van der Waals surface area contributed by atoms with Gasteiger partial charge in [0, 0.05) is 11.8 Å². The summed E-state index contributed by atoms with van der Waals surface area (Å²) < 4.78 is 4.57. The summed E-state index contributed by atoms with van der Waals surface area (Å²) in [6.45, 7) is 1.43. The molecule has 4 nitrogen and oxygen atoms in total. The van der Waals surface area contributed by atoms with Crippen molar-refractivity contribution in [2.24, 2.45) is 0 Å². The largest absolute Gasteiger partial charge is 0.469 e. The van der Waals surface area contributed by atoms with Crippen molar-refractivity contribution in [1.82, 2.24) is 5.32 Å². The fourth-order valence-corrected chi connectivity index (χ4v) is 1.99. The highest BCUT2D eigenvalue weighted by atomic mass is 32.1. The number of rotatable bonds is 4. The maximum atomic E-state index is 11.1. The molecular formula is C10H13NO3S. The van der Waals surface area contributed by atoms with Crippen LogP contribution in [0.4, 0.5) is 0 Å². The molecule has 1 aromatic rings. The van der Waals surface area contributed by atoms with Crippen molar-refractivity contribution in [3.8, 4) is 0 Å². The zero-order valence-electron chi connectivity index (χ0n) is 8.65. The van der Waals surface area contributed by atoms with Crippen LogP contribution in [0.2, 0.25) is 0 Å². The molecule has 0 aromatic carbocycles. The van der Waals surface area contributed by atoms with E-state index >= 15 is 0 Å². The first-order chi connectivity index (χ1) is 7.13. The van der Waals surface area contributed by atoms with Gasteiger partial charge in [-0.25, -0.2) is 0 Å². The smallest absolute Gasteiger partial charge is 0.307 e. The highest BCUT2D eigenvalue weighted by Crippen LogP contribution is 2.22. The summed E-state index contributed by atoms with van der Waals surface area (Å²) in [5, 5.41) is 4.62. The molecule has 0 spiro atoms. The number of amides is 1. The standard InChI is InChI=1S/C10H13NO3S/c1-7(12)11-8(6-10(13)14-2)9-4-3-5-15-9/h3-5,8H,6H2,1-2H3,(H,11,12)/t8-/m1/s1. The van der Waals surface area contributed by atoms with Crippen molar-refractivity contribution < 1.29 is 14.3 Å². The summed E-state index contributed by atoms with van der Waals surface area (Å²) in [6, 6.07) is 3.48. The molecule has 0 fully saturated rings. The minimum atomic E-state index is -0.331. The van der Waals surface area contributed by atoms with Crippen molar-refractivity contribution in [3.05, 3.63) is 22.4 Å². The van der Waals surface area contributed by atoms with Crippen molar-refractivity contribution in [1.29, 1.82) is 0 Å². The Kier molecular flexibility index (Phi) is 4.30. The van der Waals surface area contributed by atoms with Gasteiger partial charge in [-0.1, -0.05) is 6.07 Å². The maximum absolute atomic E-state index is 11.1. The molecule has 0 saturated heterocycles. The number of methoxy groups -OCH3 is 1. The lowest BCUT2D eigenvalue weighted by Gasteiger charge is -2.14. The maximum Gasteiger partial charge on any atom is 0.307 e. The van der Waals surface area contributed by atoms with Crippen LogP contribution >= 0.6 is 11.3 Å². The van der Waals surface area contributed by atoms with Crippen LogP contribution in [0.15, 0.2) is 17.5 Å². The molecular weight excluding hydrogens is 214 g/mol. The number of hydrogen-bond acceptors (Lipinski definition) is 4. The molecule has 5 heteroatoms. The topological polar surface area (TPSA) is 55.4 Å². The third kappa shape index (κ3) is 3.71. The fraction of sp³-hybridized carbons (Fsp3) is 0.400. The van der Waals surface area contributed by atoms with Crippen LogP contribution in [-0.4, -0.2) is 19.0 Å². The molecule has 1 heterocycles. The molecule has 0 aliphatic rings. The van der Waals surface area contributed by atoms with E-state index in [9.17, 15) is 9.59 Å². The minimum absolute atomic E-state index is 0.155. The van der Waals surface area contributed by atoms with E-state index in [4.69, 9.17) is 0 Å². The Balaban J connectivity index is 2.70. The SMILES string of the molecule is COC(=O)C[C@@H](NC(C)=O)c1cccs1. The average molecular weight is 227 g/mol. The molecule has 1 N–H and O–H groups in total. The second kappa shape index (κ2) is 5.50. The number of thiophene rings is 1. The number of hydrogen-bond donors (Lipinski definition) is 1. The first-order valence-electron chi connectivity index (χ1n) is 4.50. The number of carbonyl (C=O) groups excluding carboxylic acids is 2. The van der Waals surface area contributed by atoms with Gasteiger partial charge in [0.15, 0.2) is 0 Å². The molecule has 1 amide bonds. The molecule has 15 heavy (non-hydrogen) atoms. The highest BCUT2D eigenvalue weighted by molar-refractivity contribution is 7.10. The number of esters is 1. The van der Waals surface area contributed by atoms with Crippen molar-refractivity contribution in [2.75, 3.05) is 7.11 Å². The lowest BCUT2D eigenvalue weighted by Crippen LogP contribution is -2.27. The molecule has 0 aliphatic carbocycles. The Morgan fingerprint density at radius 2 is 2.33 bits per heavy atom. The van der Waals surface area contributed by atoms with E-state index in [2.05, 4.69) is 10.1 Å². The summed E-state index contributed by atoms with van der Waals surface area (Å²) in [4.78, 5) is 23.0. The van der Waals surface area contributed by atoms with Crippen LogP contribution in [0, 0.1) is 0 Å². The lowest BCUT2D eigenvalue weighted by atomic mass is 10.1. The highest BCUT2D eigenvalue weighted by Gasteiger charge is 2.17. The predicted molar refractivity (Wildman–Crippen MR) is 57.5 cm³/mol. The Morgan fingerprint density at radius 1 is 1.60 bits per heavy atom. The Labute approximate surface area is 92.2 Å². The van der Waals surface area contributed by atoms with Gasteiger partial charge in [0.25, 0.3) is 0 Å². The quantitative estimate of drug-likeness (QED) is 0.793. The average Bonchev–Trinajstić information content (AvgIpc) is 2.68. The third-order valence-electron chi connectivity index (χ3n) is 1.86. The van der Waals surface area contributed by atoms with Crippen LogP contribution < -0.4 is 5.32 Å². The molecule has 82 valence electrons. The molecule has 1 rings (SSSR count). The molecule has 1 aromatic heterocycles. The predicted octanol–water partition coefficient (Wildman–Crippen LogP) is 1.49. The van der Waals surface area contributed by atoms with E-state index in [0.717, 1.165) is 4.88 Å². The minimum Gasteiger partial charge on any atom is -0.469 e. The number of ether oxygens (including phenoxy) is 1. The second-order valence-electron chi connectivity index (χ2n) is 3.05. The van der Waals surface area contributed by atoms with Crippen LogP contribution in [-0.2, 0) is 14.3 Å². The van der Waals surface area contributed by atoms with Gasteiger partial charge in [-0.15, -0.1) is 11.3 Å². The number of carbonyl (C=O) groups is 2. The van der Waals surface area contributed by atoms with Gasteiger partial charge in [0.1, 0.15) is 0 Å². The van der Waals surface area contributed by atoms with Gasteiger partial charge in [-0.3, -0.25) is 9.59 Å². The van der Waals surface area contributed by atoms with Gasteiger partial charge < -0.3 is 10.1 Å². The van der Waals surface area contributed by atoms with E-state index in [1.807, 2.05) is 17.5 Å². The van der Waals surface area contributed by atoms with Crippen molar-refractivity contribution in [2.45, 2.75) is 19.4 Å². The van der Waals surface area contributed by atoms with Gasteiger partial charge in [-0.2, -0.15) is 0 Å². The first kappa shape index (κ1) is 11.7. The van der Waals surface area contributed by atoms with Crippen molar-refractivity contribution >= 4 is 23.2 Å². The second-order valence-corrected chi connectivity index (χ2v) is 4.03. The third-order valence-corrected chi connectivity index (χ3v) is 2.85. The van der Waals surface area contributed by atoms with E-state index in [0.29, 0.717) is 0 Å². The van der Waals surface area contributed by atoms with E-state index in [1.54, 1.807) is 0 Å². The molecule has 0 bridgehead atoms. The molecule has 0 saturated carbocycles. The van der Waals surface area contributed by atoms with Crippen LogP contribution in [0.25, 0.3) is 0 Å². The van der Waals surface area contributed by atoms with Gasteiger partial charge >= 0.3 is 5.97 Å². The van der Waals surface area contributed by atoms with E-state index in [1.165, 1.54) is 25.4 Å². The number of nitrogens with one attached hydrogen (secondary N) is 1. The summed E-state index contributed by atoms with van der Waals surface area (Å²) in [5.41, 5.74) is 0. The summed E-state index contributed by atoms with van der Waals surface area (Å²) in [5.74, 6) is -0.487. The Bertz CT molecular complexity index is 334. The normalized spacial score (nSPS) is 11.9. The van der Waals surface area contributed by atoms with Crippen LogP contribution in [0.5, 0.6) is 0 Å². The zero-order valence-corrected chi connectivity index (χ0v) is 9.47. The fourth-order valence-electron chi connectivity index (χ4n) is 1.21. The van der Waals surface area contributed by atoms with E-state index < -0.39 is 0 Å². The molecule has 0 unspecified atom stereocenters. The summed E-state index contributed by atoms with van der Waals surface area (Å²) >= 11 is 1.50. The molecule has 1 atom stereocenters. The first-order valence-corrected chi connectivity index (χ1v) is 5.38. The molecule has 0 radical (unpaired) electrons. The Morgan fingerprint density at radius 3 is 2.80 bits per heavy atom. The monoisotopic (exact) mass is 227 g/mol. The van der Waals surface area contributed by atoms with Crippen LogP contribution in [0.3, 0.4) is 0 Å². The zero-order chi connectivity index (χ0) is 11.3. The Hall–Kier alpha value is -1.36. The van der Waals surface area contributed by atoms with E-state index in [-0.39, 0.29) is 24.3 Å². The van der Waals surface area contributed by atoms with Gasteiger partial charge in [0.05, 0.1) is 19.6 Å². The lowest BCUT2D eigenvalue weighted by molar-refractivity contribution is -0.141. The van der Waals surface area contributed by atoms with Crippen LogP contribution in [0.1, 0.15) is 24.3 Å². The van der Waals surface area contributed by atoms with Gasteiger partial charge in [0.2, 0.25) is 5.91 Å². The summed E-state index contributed by atoms with van der Waals surface area (Å²) in [6.07, 6.45) is 0.163. The van der Waals surface area contributed by atoms with Crippen molar-refractivity contribution in [3.63, 3.8) is 0 Å².